The number of benzene rings is 3. The number of anilines is 1. The molecule has 224 valence electrons. The molecule has 42 heavy (non-hydrogen) atoms. The van der Waals surface area contributed by atoms with Crippen molar-refractivity contribution < 1.29 is 32.5 Å². The van der Waals surface area contributed by atoms with Gasteiger partial charge in [0.1, 0.15) is 11.9 Å². The molecule has 0 unspecified atom stereocenters. The molecule has 3 aromatic carbocycles. The smallest absolute Gasteiger partial charge is 0.261 e. The van der Waals surface area contributed by atoms with Crippen molar-refractivity contribution in [2.24, 2.45) is 5.92 Å². The first-order valence-electron chi connectivity index (χ1n) is 14.0. The molecule has 11 heteroatoms. The minimum atomic E-state index is -3.82. The molecule has 0 bridgehead atoms. The van der Waals surface area contributed by atoms with E-state index in [1.165, 1.54) is 12.1 Å². The maximum atomic E-state index is 13.5. The number of fused-ring (bicyclic) bond motifs is 2. The van der Waals surface area contributed by atoms with Crippen LogP contribution in [0.4, 0.5) is 5.69 Å². The van der Waals surface area contributed by atoms with Gasteiger partial charge in [0.2, 0.25) is 12.7 Å². The molecular formula is C31H37N3O7S. The van der Waals surface area contributed by atoms with Crippen LogP contribution in [0.1, 0.15) is 25.0 Å². The predicted molar refractivity (Wildman–Crippen MR) is 158 cm³/mol. The van der Waals surface area contributed by atoms with Crippen LogP contribution in [0.25, 0.3) is 0 Å². The van der Waals surface area contributed by atoms with Crippen LogP contribution in [0, 0.1) is 5.92 Å². The van der Waals surface area contributed by atoms with Gasteiger partial charge in [0.05, 0.1) is 24.0 Å². The van der Waals surface area contributed by atoms with Crippen LogP contribution in [-0.4, -0.2) is 74.9 Å². The van der Waals surface area contributed by atoms with Gasteiger partial charge in [-0.1, -0.05) is 31.2 Å². The standard InChI is InChI=1S/C31H37N3O7S/c1-21-16-34(22(2)19-35)31(36)15-24-14-25(32-42(37,38)26-7-5-4-6-8-26)10-12-27(24)41-30(21)18-33(3)17-23-9-11-28-29(13-23)40-20-39-28/h4-14,21-22,30,32,35H,15-20H2,1-3H3/t21-,22-,30-/m1/s1. The summed E-state index contributed by atoms with van der Waals surface area (Å²) in [5.41, 5.74) is 1.97. The van der Waals surface area contributed by atoms with Gasteiger partial charge in [0, 0.05) is 36.8 Å². The van der Waals surface area contributed by atoms with Gasteiger partial charge >= 0.3 is 0 Å². The van der Waals surface area contributed by atoms with Crippen molar-refractivity contribution in [3.05, 3.63) is 77.9 Å². The van der Waals surface area contributed by atoms with E-state index in [0.29, 0.717) is 36.6 Å². The summed E-state index contributed by atoms with van der Waals surface area (Å²) in [5.74, 6) is 1.76. The van der Waals surface area contributed by atoms with E-state index in [-0.39, 0.29) is 48.7 Å². The zero-order chi connectivity index (χ0) is 29.9. The lowest BCUT2D eigenvalue weighted by Crippen LogP contribution is -2.47. The summed E-state index contributed by atoms with van der Waals surface area (Å²) < 4.78 is 46.1. The highest BCUT2D eigenvalue weighted by molar-refractivity contribution is 7.92. The Balaban J connectivity index is 1.40. The number of aliphatic hydroxyl groups is 1. The number of ether oxygens (including phenoxy) is 3. The van der Waals surface area contributed by atoms with Crippen LogP contribution in [0.5, 0.6) is 17.2 Å². The topological polar surface area (TPSA) is 118 Å². The van der Waals surface area contributed by atoms with Gasteiger partial charge in [-0.25, -0.2) is 8.42 Å². The molecule has 2 heterocycles. The minimum absolute atomic E-state index is 0.00700. The number of carbonyl (C=O) groups is 1. The molecule has 0 saturated carbocycles. The van der Waals surface area contributed by atoms with Gasteiger partial charge in [0.15, 0.2) is 11.5 Å². The number of rotatable bonds is 9. The molecule has 0 aromatic heterocycles. The second kappa shape index (κ2) is 12.6. The lowest BCUT2D eigenvalue weighted by molar-refractivity contribution is -0.134. The Morgan fingerprint density at radius 3 is 2.55 bits per heavy atom. The number of hydrogen-bond acceptors (Lipinski definition) is 8. The summed E-state index contributed by atoms with van der Waals surface area (Å²) in [4.78, 5) is 17.5. The first-order chi connectivity index (χ1) is 20.1. The lowest BCUT2D eigenvalue weighted by Gasteiger charge is -2.34. The second-order valence-corrected chi connectivity index (χ2v) is 12.7. The zero-order valence-corrected chi connectivity index (χ0v) is 24.8. The SMILES string of the molecule is C[C@@H]1CN([C@H](C)CO)C(=O)Cc2cc(NS(=O)(=O)c3ccccc3)ccc2O[C@@H]1CN(C)Cc1ccc2c(c1)OCO2. The monoisotopic (exact) mass is 595 g/mol. The summed E-state index contributed by atoms with van der Waals surface area (Å²) >= 11 is 0. The van der Waals surface area contributed by atoms with Crippen LogP contribution < -0.4 is 18.9 Å². The Bertz CT molecular complexity index is 1520. The van der Waals surface area contributed by atoms with E-state index in [1.807, 2.05) is 39.1 Å². The van der Waals surface area contributed by atoms with Crippen molar-refractivity contribution in [2.45, 2.75) is 43.9 Å². The third-order valence-electron chi connectivity index (χ3n) is 7.60. The van der Waals surface area contributed by atoms with Crippen molar-refractivity contribution >= 4 is 21.6 Å². The van der Waals surface area contributed by atoms with Crippen LogP contribution in [-0.2, 0) is 27.8 Å². The molecule has 1 amide bonds. The van der Waals surface area contributed by atoms with Crippen molar-refractivity contribution in [1.82, 2.24) is 9.80 Å². The third kappa shape index (κ3) is 6.80. The highest BCUT2D eigenvalue weighted by Crippen LogP contribution is 2.33. The molecule has 10 nitrogen and oxygen atoms in total. The first kappa shape index (κ1) is 29.7. The fourth-order valence-corrected chi connectivity index (χ4v) is 6.32. The number of aliphatic hydroxyl groups excluding tert-OH is 1. The number of nitrogens with one attached hydrogen (secondary N) is 1. The fraction of sp³-hybridized carbons (Fsp3) is 0.387. The summed E-state index contributed by atoms with van der Waals surface area (Å²) in [6.45, 7) is 5.52. The Hall–Kier alpha value is -3.80. The molecule has 0 saturated heterocycles. The van der Waals surface area contributed by atoms with E-state index >= 15 is 0 Å². The maximum Gasteiger partial charge on any atom is 0.261 e. The highest BCUT2D eigenvalue weighted by Gasteiger charge is 2.31. The number of hydrogen-bond donors (Lipinski definition) is 2. The zero-order valence-electron chi connectivity index (χ0n) is 24.0. The summed E-state index contributed by atoms with van der Waals surface area (Å²) in [5, 5.41) is 9.91. The summed E-state index contributed by atoms with van der Waals surface area (Å²) in [7, 11) is -1.81. The quantitative estimate of drug-likeness (QED) is 0.386. The molecule has 2 N–H and O–H groups in total. The van der Waals surface area contributed by atoms with Gasteiger partial charge in [-0.05, 0) is 62.0 Å². The molecular weight excluding hydrogens is 558 g/mol. The van der Waals surface area contributed by atoms with Crippen LogP contribution >= 0.6 is 0 Å². The van der Waals surface area contributed by atoms with Gasteiger partial charge in [0.25, 0.3) is 10.0 Å². The lowest BCUT2D eigenvalue weighted by atomic mass is 10.0. The summed E-state index contributed by atoms with van der Waals surface area (Å²) in [6.07, 6.45) is -0.290. The van der Waals surface area contributed by atoms with E-state index in [2.05, 4.69) is 9.62 Å². The molecule has 0 spiro atoms. The van der Waals surface area contributed by atoms with Gasteiger partial charge in [-0.3, -0.25) is 14.4 Å². The maximum absolute atomic E-state index is 13.5. The molecule has 3 aromatic rings. The van der Waals surface area contributed by atoms with Crippen LogP contribution in [0.3, 0.4) is 0 Å². The minimum Gasteiger partial charge on any atom is -0.488 e. The Labute approximate surface area is 246 Å². The Kier molecular flexibility index (Phi) is 8.91. The average molecular weight is 596 g/mol. The Morgan fingerprint density at radius 1 is 1.05 bits per heavy atom. The van der Waals surface area contributed by atoms with Gasteiger partial charge in [-0.15, -0.1) is 0 Å². The normalized spacial score (nSPS) is 19.4. The molecule has 0 aliphatic carbocycles. The highest BCUT2D eigenvalue weighted by atomic mass is 32.2. The number of likely N-dealkylation sites (N-methyl/N-ethyl adjacent to an activating group) is 1. The van der Waals surface area contributed by atoms with Gasteiger partial charge < -0.3 is 24.2 Å². The van der Waals surface area contributed by atoms with Crippen molar-refractivity contribution in [3.8, 4) is 17.2 Å². The van der Waals surface area contributed by atoms with Crippen molar-refractivity contribution in [1.29, 1.82) is 0 Å². The third-order valence-corrected chi connectivity index (χ3v) is 9.00. The number of nitrogens with zero attached hydrogens (tertiary/aromatic N) is 2. The number of carbonyl (C=O) groups excluding carboxylic acids is 1. The average Bonchev–Trinajstić information content (AvgIpc) is 3.45. The predicted octanol–water partition coefficient (Wildman–Crippen LogP) is 3.50. The Morgan fingerprint density at radius 2 is 1.79 bits per heavy atom. The van der Waals surface area contributed by atoms with Crippen molar-refractivity contribution in [3.63, 3.8) is 0 Å². The number of sulfonamides is 1. The molecule has 3 atom stereocenters. The fourth-order valence-electron chi connectivity index (χ4n) is 5.25. The van der Waals surface area contributed by atoms with Crippen molar-refractivity contribution in [2.75, 3.05) is 38.3 Å². The van der Waals surface area contributed by atoms with E-state index < -0.39 is 10.0 Å². The molecule has 0 radical (unpaired) electrons. The van der Waals surface area contributed by atoms with Crippen LogP contribution in [0.15, 0.2) is 71.6 Å². The van der Waals surface area contributed by atoms with E-state index in [0.717, 1.165) is 17.1 Å². The second-order valence-electron chi connectivity index (χ2n) is 11.0. The molecule has 2 aliphatic heterocycles. The largest absolute Gasteiger partial charge is 0.488 e. The van der Waals surface area contributed by atoms with E-state index in [4.69, 9.17) is 14.2 Å². The van der Waals surface area contributed by atoms with Crippen LogP contribution in [0.2, 0.25) is 0 Å². The van der Waals surface area contributed by atoms with Gasteiger partial charge in [-0.2, -0.15) is 0 Å². The van der Waals surface area contributed by atoms with E-state index in [1.54, 1.807) is 41.3 Å². The molecule has 2 aliphatic rings. The first-order valence-corrected chi connectivity index (χ1v) is 15.5. The number of amides is 1. The van der Waals surface area contributed by atoms with E-state index in [9.17, 15) is 18.3 Å². The molecule has 5 rings (SSSR count). The molecule has 0 fully saturated rings. The summed E-state index contributed by atoms with van der Waals surface area (Å²) in [6, 6.07) is 18.6.